The molecule has 9 heteroatoms. The Kier molecular flexibility index (Phi) is 5.21. The van der Waals surface area contributed by atoms with Gasteiger partial charge < -0.3 is 5.11 Å². The summed E-state index contributed by atoms with van der Waals surface area (Å²) in [5.74, 6) is -1.07. The molecule has 3 aromatic rings. The minimum Gasteiger partial charge on any atom is -0.478 e. The minimum absolute atomic E-state index is 0.0763. The minimum atomic E-state index is -3.90. The smallest absolute Gasteiger partial charge is 0.335 e. The second kappa shape index (κ2) is 7.72. The number of sulfonamides is 1. The van der Waals surface area contributed by atoms with E-state index in [0.717, 1.165) is 15.3 Å². The molecule has 1 atom stereocenters. The Labute approximate surface area is 178 Å². The number of carboxylic acid groups (broad SMARTS) is 1. The van der Waals surface area contributed by atoms with Crippen molar-refractivity contribution in [1.82, 2.24) is 9.29 Å². The second-order valence-electron chi connectivity index (χ2n) is 7.43. The van der Waals surface area contributed by atoms with Crippen molar-refractivity contribution >= 4 is 26.9 Å². The first-order valence-electron chi connectivity index (χ1n) is 9.54. The number of carbonyl (C=O) groups is 1. The lowest BCUT2D eigenvalue weighted by Gasteiger charge is -2.16. The lowest BCUT2D eigenvalue weighted by atomic mass is 10.0. The molecule has 2 heterocycles. The van der Waals surface area contributed by atoms with Gasteiger partial charge in [-0.15, -0.1) is 0 Å². The Hall–Kier alpha value is -3.35. The van der Waals surface area contributed by atoms with Crippen LogP contribution in [0.15, 0.2) is 47.4 Å². The summed E-state index contributed by atoms with van der Waals surface area (Å²) in [4.78, 5) is 15.7. The maximum atomic E-state index is 13.5. The Morgan fingerprint density at radius 3 is 2.68 bits per heavy atom. The first kappa shape index (κ1) is 20.9. The number of rotatable bonds is 4. The molecule has 0 unspecified atom stereocenters. The normalized spacial score (nSPS) is 17.0. The predicted molar refractivity (Wildman–Crippen MR) is 112 cm³/mol. The number of aromatic nitrogens is 1. The van der Waals surface area contributed by atoms with Gasteiger partial charge in [-0.2, -0.15) is 9.57 Å². The molecule has 1 saturated heterocycles. The van der Waals surface area contributed by atoms with Gasteiger partial charge in [0.15, 0.2) is 0 Å². The maximum absolute atomic E-state index is 13.5. The van der Waals surface area contributed by atoms with E-state index < -0.39 is 22.2 Å². The molecule has 1 fully saturated rings. The van der Waals surface area contributed by atoms with Crippen molar-refractivity contribution in [2.45, 2.75) is 24.4 Å². The Morgan fingerprint density at radius 2 is 2.03 bits per heavy atom. The first-order valence-corrected chi connectivity index (χ1v) is 11.0. The zero-order valence-electron chi connectivity index (χ0n) is 16.5. The predicted octanol–water partition coefficient (Wildman–Crippen LogP) is 3.51. The Bertz CT molecular complexity index is 1370. The highest BCUT2D eigenvalue weighted by Gasteiger charge is 2.33. The van der Waals surface area contributed by atoms with Gasteiger partial charge in [0.1, 0.15) is 6.17 Å². The molecule has 1 N–H and O–H groups in total. The van der Waals surface area contributed by atoms with E-state index in [1.807, 2.05) is 13.0 Å². The fourth-order valence-corrected chi connectivity index (χ4v) is 5.24. The lowest BCUT2D eigenvalue weighted by molar-refractivity contribution is 0.0697. The van der Waals surface area contributed by atoms with Crippen LogP contribution in [-0.4, -0.2) is 48.0 Å². The van der Waals surface area contributed by atoms with Crippen LogP contribution in [0.3, 0.4) is 0 Å². The number of benzene rings is 2. The number of pyridine rings is 1. The number of fused-ring (bicyclic) bond motifs is 1. The van der Waals surface area contributed by atoms with E-state index in [0.29, 0.717) is 16.8 Å². The molecule has 0 bridgehead atoms. The number of hydrogen-bond acceptors (Lipinski definition) is 5. The maximum Gasteiger partial charge on any atom is 0.335 e. The Balaban J connectivity index is 1.81. The molecular formula is C22H18FN3O4S. The van der Waals surface area contributed by atoms with Gasteiger partial charge in [-0.25, -0.2) is 22.6 Å². The van der Waals surface area contributed by atoms with Gasteiger partial charge in [0, 0.05) is 24.0 Å². The molecule has 0 aliphatic carbocycles. The van der Waals surface area contributed by atoms with Crippen LogP contribution in [-0.2, 0) is 10.0 Å². The van der Waals surface area contributed by atoms with Crippen LogP contribution >= 0.6 is 0 Å². The Morgan fingerprint density at radius 1 is 1.26 bits per heavy atom. The van der Waals surface area contributed by atoms with E-state index in [2.05, 4.69) is 4.98 Å². The van der Waals surface area contributed by atoms with E-state index in [9.17, 15) is 28.0 Å². The van der Waals surface area contributed by atoms with Crippen LogP contribution in [0, 0.1) is 18.3 Å². The summed E-state index contributed by atoms with van der Waals surface area (Å²) in [6.07, 6.45) is -1.04. The highest BCUT2D eigenvalue weighted by Crippen LogP contribution is 2.30. The average Bonchev–Trinajstić information content (AvgIpc) is 3.20. The van der Waals surface area contributed by atoms with Crippen molar-refractivity contribution in [2.24, 2.45) is 0 Å². The number of aromatic carboxylic acids is 1. The van der Waals surface area contributed by atoms with Crippen LogP contribution in [0.5, 0.6) is 0 Å². The van der Waals surface area contributed by atoms with Gasteiger partial charge in [0.25, 0.3) is 0 Å². The highest BCUT2D eigenvalue weighted by atomic mass is 32.2. The molecule has 0 saturated carbocycles. The summed E-state index contributed by atoms with van der Waals surface area (Å²) in [7, 11) is -3.90. The van der Waals surface area contributed by atoms with E-state index >= 15 is 0 Å². The second-order valence-corrected chi connectivity index (χ2v) is 9.37. The number of carboxylic acids is 1. The number of nitrogens with zero attached hydrogens (tertiary/aromatic N) is 3. The molecule has 1 aliphatic heterocycles. The van der Waals surface area contributed by atoms with Crippen LogP contribution in [0.25, 0.3) is 22.2 Å². The third kappa shape index (κ3) is 3.76. The SMILES string of the molecule is Cc1cc(-c2ccc(S(=O)(=O)N3CC[C@H](F)C3)cc2C#N)nc2cc(C(=O)O)ccc12. The lowest BCUT2D eigenvalue weighted by Crippen LogP contribution is -2.29. The van der Waals surface area contributed by atoms with E-state index in [1.165, 1.54) is 30.3 Å². The molecule has 0 spiro atoms. The third-order valence-corrected chi connectivity index (χ3v) is 7.24. The molecule has 0 radical (unpaired) electrons. The summed E-state index contributed by atoms with van der Waals surface area (Å²) in [6.45, 7) is 1.76. The topological polar surface area (TPSA) is 111 Å². The summed E-state index contributed by atoms with van der Waals surface area (Å²) in [6, 6.07) is 12.6. The molecular weight excluding hydrogens is 421 g/mol. The van der Waals surface area contributed by atoms with Crippen LogP contribution < -0.4 is 0 Å². The zero-order valence-corrected chi connectivity index (χ0v) is 17.4. The van der Waals surface area contributed by atoms with Crippen LogP contribution in [0.4, 0.5) is 4.39 Å². The van der Waals surface area contributed by atoms with Gasteiger partial charge in [-0.1, -0.05) is 12.1 Å². The molecule has 2 aromatic carbocycles. The van der Waals surface area contributed by atoms with Gasteiger partial charge in [-0.05, 0) is 49.2 Å². The van der Waals surface area contributed by atoms with Crippen LogP contribution in [0.1, 0.15) is 27.9 Å². The fourth-order valence-electron chi connectivity index (χ4n) is 3.73. The molecule has 158 valence electrons. The summed E-state index contributed by atoms with van der Waals surface area (Å²) < 4.78 is 40.2. The monoisotopic (exact) mass is 439 g/mol. The van der Waals surface area contributed by atoms with Gasteiger partial charge >= 0.3 is 5.97 Å². The van der Waals surface area contributed by atoms with Gasteiger partial charge in [-0.3, -0.25) is 0 Å². The first-order chi connectivity index (χ1) is 14.7. The zero-order chi connectivity index (χ0) is 22.3. The molecule has 0 amide bonds. The van der Waals surface area contributed by atoms with Crippen molar-refractivity contribution < 1.29 is 22.7 Å². The average molecular weight is 439 g/mol. The van der Waals surface area contributed by atoms with Crippen molar-refractivity contribution in [3.05, 3.63) is 59.2 Å². The van der Waals surface area contributed by atoms with Crippen molar-refractivity contribution in [3.63, 3.8) is 0 Å². The fraction of sp³-hybridized carbons (Fsp3) is 0.227. The number of alkyl halides is 1. The highest BCUT2D eigenvalue weighted by molar-refractivity contribution is 7.89. The third-order valence-electron chi connectivity index (χ3n) is 5.38. The molecule has 7 nitrogen and oxygen atoms in total. The number of nitriles is 1. The van der Waals surface area contributed by atoms with Crippen molar-refractivity contribution in [2.75, 3.05) is 13.1 Å². The summed E-state index contributed by atoms with van der Waals surface area (Å²) in [5, 5.41) is 19.7. The molecule has 31 heavy (non-hydrogen) atoms. The molecule has 1 aliphatic rings. The van der Waals surface area contributed by atoms with Crippen LogP contribution in [0.2, 0.25) is 0 Å². The molecule has 1 aromatic heterocycles. The number of halogens is 1. The van der Waals surface area contributed by atoms with E-state index in [4.69, 9.17) is 0 Å². The quantitative estimate of drug-likeness (QED) is 0.666. The number of aryl methyl sites for hydroxylation is 1. The van der Waals surface area contributed by atoms with E-state index in [-0.39, 0.29) is 35.5 Å². The van der Waals surface area contributed by atoms with Crippen molar-refractivity contribution in [3.8, 4) is 17.3 Å². The standard InChI is InChI=1S/C22H18FN3O4S/c1-13-8-20(25-21-10-14(22(27)28)2-4-18(13)21)19-5-3-17(9-15(19)11-24)31(29,30)26-7-6-16(23)12-26/h2-5,8-10,16H,6-7,12H2,1H3,(H,27,28)/t16-/m0/s1. The molecule has 4 rings (SSSR count). The summed E-state index contributed by atoms with van der Waals surface area (Å²) >= 11 is 0. The largest absolute Gasteiger partial charge is 0.478 e. The summed E-state index contributed by atoms with van der Waals surface area (Å²) in [5.41, 5.74) is 2.35. The number of hydrogen-bond donors (Lipinski definition) is 1. The van der Waals surface area contributed by atoms with E-state index in [1.54, 1.807) is 12.1 Å². The van der Waals surface area contributed by atoms with Crippen molar-refractivity contribution in [1.29, 1.82) is 5.26 Å². The van der Waals surface area contributed by atoms with Gasteiger partial charge in [0.05, 0.1) is 33.3 Å². The van der Waals surface area contributed by atoms with Gasteiger partial charge in [0.2, 0.25) is 10.0 Å².